The molecule has 2 atom stereocenters. The molecule has 3 heterocycles. The van der Waals surface area contributed by atoms with E-state index >= 15 is 0 Å². The summed E-state index contributed by atoms with van der Waals surface area (Å²) in [5.74, 6) is 1.03. The summed E-state index contributed by atoms with van der Waals surface area (Å²) in [5, 5.41) is 0.601. The molecule has 6 nitrogen and oxygen atoms in total. The van der Waals surface area contributed by atoms with Crippen LogP contribution in [-0.2, 0) is 4.74 Å². The van der Waals surface area contributed by atoms with Crippen molar-refractivity contribution in [3.63, 3.8) is 0 Å². The number of aryl methyl sites for hydroxylation is 1. The average Bonchev–Trinajstić information content (AvgIpc) is 2.51. The van der Waals surface area contributed by atoms with Crippen molar-refractivity contribution in [3.8, 4) is 0 Å². The monoisotopic (exact) mass is 325 g/mol. The largest absolute Gasteiger partial charge is 0.378 e. The van der Waals surface area contributed by atoms with Crippen molar-refractivity contribution in [1.29, 1.82) is 0 Å². The highest BCUT2D eigenvalue weighted by Gasteiger charge is 2.36. The van der Waals surface area contributed by atoms with Gasteiger partial charge in [0.1, 0.15) is 5.02 Å². The third-order valence-corrected chi connectivity index (χ3v) is 5.00. The van der Waals surface area contributed by atoms with Crippen LogP contribution in [-0.4, -0.2) is 59.8 Å². The molecule has 2 saturated heterocycles. The Kier molecular flexibility index (Phi) is 4.70. The van der Waals surface area contributed by atoms with Gasteiger partial charge in [-0.25, -0.2) is 4.98 Å². The van der Waals surface area contributed by atoms with E-state index in [0.717, 1.165) is 44.4 Å². The Morgan fingerprint density at radius 3 is 2.91 bits per heavy atom. The second-order valence-corrected chi connectivity index (χ2v) is 6.50. The van der Waals surface area contributed by atoms with Gasteiger partial charge in [0, 0.05) is 25.7 Å². The van der Waals surface area contributed by atoms with Crippen molar-refractivity contribution in [3.05, 3.63) is 10.7 Å². The van der Waals surface area contributed by atoms with Gasteiger partial charge in [0.15, 0.2) is 5.82 Å². The lowest BCUT2D eigenvalue weighted by Gasteiger charge is -2.48. The first kappa shape index (κ1) is 15.8. The van der Waals surface area contributed by atoms with Crippen molar-refractivity contribution in [2.75, 3.05) is 43.5 Å². The number of halogens is 1. The molecule has 2 aliphatic rings. The van der Waals surface area contributed by atoms with Gasteiger partial charge in [-0.2, -0.15) is 4.98 Å². The molecule has 2 aliphatic heterocycles. The van der Waals surface area contributed by atoms with Crippen LogP contribution in [0.1, 0.15) is 25.5 Å². The number of nitrogen functional groups attached to an aromatic ring is 1. The van der Waals surface area contributed by atoms with Gasteiger partial charge >= 0.3 is 0 Å². The minimum absolute atomic E-state index is 0.281. The fourth-order valence-electron chi connectivity index (χ4n) is 3.48. The Balaban J connectivity index is 1.77. The number of hydrogen-bond acceptors (Lipinski definition) is 6. The van der Waals surface area contributed by atoms with Crippen molar-refractivity contribution in [1.82, 2.24) is 14.9 Å². The Morgan fingerprint density at radius 2 is 2.14 bits per heavy atom. The SMILES string of the molecule is CCC[C@H]1COC[C@H]2CN(c3nc(N)nc(C)c3Cl)CCN12. The van der Waals surface area contributed by atoms with E-state index in [9.17, 15) is 0 Å². The molecule has 0 spiro atoms. The maximum atomic E-state index is 6.39. The Morgan fingerprint density at radius 1 is 1.32 bits per heavy atom. The summed E-state index contributed by atoms with van der Waals surface area (Å²) in [6.07, 6.45) is 2.38. The lowest BCUT2D eigenvalue weighted by atomic mass is 10.0. The number of aromatic nitrogens is 2. The smallest absolute Gasteiger partial charge is 0.222 e. The van der Waals surface area contributed by atoms with Gasteiger partial charge in [-0.1, -0.05) is 24.9 Å². The molecule has 0 radical (unpaired) electrons. The summed E-state index contributed by atoms with van der Waals surface area (Å²) in [7, 11) is 0. The molecule has 0 saturated carbocycles. The van der Waals surface area contributed by atoms with Crippen molar-refractivity contribution in [2.45, 2.75) is 38.8 Å². The topological polar surface area (TPSA) is 67.5 Å². The molecule has 0 bridgehead atoms. The van der Waals surface area contributed by atoms with Crippen LogP contribution in [0.15, 0.2) is 0 Å². The first-order valence-electron chi connectivity index (χ1n) is 7.98. The predicted octanol–water partition coefficient (Wildman–Crippen LogP) is 1.71. The lowest BCUT2D eigenvalue weighted by Crippen LogP contribution is -2.62. The van der Waals surface area contributed by atoms with Crippen LogP contribution < -0.4 is 10.6 Å². The molecule has 0 unspecified atom stereocenters. The zero-order valence-electron chi connectivity index (χ0n) is 13.3. The second-order valence-electron chi connectivity index (χ2n) is 6.12. The third-order valence-electron chi connectivity index (χ3n) is 4.56. The summed E-state index contributed by atoms with van der Waals surface area (Å²) in [4.78, 5) is 13.3. The molecule has 1 aromatic heterocycles. The number of rotatable bonds is 3. The van der Waals surface area contributed by atoms with Crippen molar-refractivity contribution >= 4 is 23.4 Å². The first-order chi connectivity index (χ1) is 10.6. The first-order valence-corrected chi connectivity index (χ1v) is 8.36. The zero-order chi connectivity index (χ0) is 15.7. The molecule has 7 heteroatoms. The summed E-state index contributed by atoms with van der Waals surface area (Å²) in [6.45, 7) is 8.51. The standard InChI is InChI=1S/C15H24ClN5O/c1-3-4-11-8-22-9-12-7-20(5-6-21(11)12)14-13(16)10(2)18-15(17)19-14/h11-12H,3-9H2,1-2H3,(H2,17,18,19)/t11-,12+/m0/s1. The molecule has 22 heavy (non-hydrogen) atoms. The van der Waals surface area contributed by atoms with Gasteiger partial charge in [-0.05, 0) is 13.3 Å². The van der Waals surface area contributed by atoms with Crippen LogP contribution in [0.25, 0.3) is 0 Å². The highest BCUT2D eigenvalue weighted by Crippen LogP contribution is 2.30. The maximum absolute atomic E-state index is 6.39. The van der Waals surface area contributed by atoms with Gasteiger partial charge in [-0.15, -0.1) is 0 Å². The summed E-state index contributed by atoms with van der Waals surface area (Å²) in [6, 6.07) is 0.935. The normalized spacial score (nSPS) is 26.0. The molecule has 2 N–H and O–H groups in total. The van der Waals surface area contributed by atoms with Crippen LogP contribution >= 0.6 is 11.6 Å². The number of morpholine rings is 1. The third kappa shape index (κ3) is 3.00. The van der Waals surface area contributed by atoms with Gasteiger partial charge < -0.3 is 15.4 Å². The summed E-state index contributed by atoms with van der Waals surface area (Å²) >= 11 is 6.39. The average molecular weight is 326 g/mol. The fraction of sp³-hybridized carbons (Fsp3) is 0.733. The summed E-state index contributed by atoms with van der Waals surface area (Å²) < 4.78 is 5.81. The van der Waals surface area contributed by atoms with E-state index in [2.05, 4.69) is 26.7 Å². The van der Waals surface area contributed by atoms with Gasteiger partial charge in [0.05, 0.1) is 24.9 Å². The highest BCUT2D eigenvalue weighted by molar-refractivity contribution is 6.33. The second kappa shape index (κ2) is 6.56. The lowest BCUT2D eigenvalue weighted by molar-refractivity contribution is -0.0558. The molecular weight excluding hydrogens is 302 g/mol. The minimum atomic E-state index is 0.281. The molecular formula is C15H24ClN5O. The fourth-order valence-corrected chi connectivity index (χ4v) is 3.69. The number of anilines is 2. The van der Waals surface area contributed by atoms with E-state index in [-0.39, 0.29) is 5.95 Å². The van der Waals surface area contributed by atoms with E-state index in [4.69, 9.17) is 22.1 Å². The number of fused-ring (bicyclic) bond motifs is 1. The van der Waals surface area contributed by atoms with Crippen LogP contribution in [0.5, 0.6) is 0 Å². The number of nitrogens with zero attached hydrogens (tertiary/aromatic N) is 4. The van der Waals surface area contributed by atoms with E-state index in [1.165, 1.54) is 12.8 Å². The minimum Gasteiger partial charge on any atom is -0.378 e. The van der Waals surface area contributed by atoms with E-state index in [1.54, 1.807) is 0 Å². The Bertz CT molecular complexity index is 539. The molecule has 0 aromatic carbocycles. The zero-order valence-corrected chi connectivity index (χ0v) is 14.0. The van der Waals surface area contributed by atoms with Crippen LogP contribution in [0.2, 0.25) is 5.02 Å². The molecule has 2 fully saturated rings. The quantitative estimate of drug-likeness (QED) is 0.912. The van der Waals surface area contributed by atoms with Crippen molar-refractivity contribution in [2.24, 2.45) is 0 Å². The van der Waals surface area contributed by atoms with Gasteiger partial charge in [0.2, 0.25) is 5.95 Å². The predicted molar refractivity (Wildman–Crippen MR) is 88.4 cm³/mol. The summed E-state index contributed by atoms with van der Waals surface area (Å²) in [5.41, 5.74) is 6.52. The number of ether oxygens (including phenoxy) is 1. The molecule has 1 aromatic rings. The van der Waals surface area contributed by atoms with Crippen molar-refractivity contribution < 1.29 is 4.74 Å². The Hall–Kier alpha value is -1.11. The number of nitrogens with two attached hydrogens (primary N) is 1. The highest BCUT2D eigenvalue weighted by atomic mass is 35.5. The van der Waals surface area contributed by atoms with Gasteiger partial charge in [0.25, 0.3) is 0 Å². The van der Waals surface area contributed by atoms with Crippen LogP contribution in [0.3, 0.4) is 0 Å². The molecule has 3 rings (SSSR count). The van der Waals surface area contributed by atoms with E-state index in [0.29, 0.717) is 17.1 Å². The number of piperazine rings is 1. The van der Waals surface area contributed by atoms with E-state index in [1.807, 2.05) is 6.92 Å². The molecule has 0 amide bonds. The Labute approximate surface area is 136 Å². The van der Waals surface area contributed by atoms with Crippen LogP contribution in [0, 0.1) is 6.92 Å². The van der Waals surface area contributed by atoms with Crippen LogP contribution in [0.4, 0.5) is 11.8 Å². The maximum Gasteiger partial charge on any atom is 0.222 e. The molecule has 122 valence electrons. The van der Waals surface area contributed by atoms with E-state index < -0.39 is 0 Å². The van der Waals surface area contributed by atoms with Gasteiger partial charge in [-0.3, -0.25) is 4.90 Å². The number of hydrogen-bond donors (Lipinski definition) is 1. The molecule has 0 aliphatic carbocycles.